The van der Waals surface area contributed by atoms with Crippen LogP contribution < -0.4 is 5.32 Å². The molecule has 1 aromatic rings. The maximum absolute atomic E-state index is 13.4. The van der Waals surface area contributed by atoms with Crippen molar-refractivity contribution in [3.63, 3.8) is 0 Å². The van der Waals surface area contributed by atoms with Crippen LogP contribution in [0.5, 0.6) is 0 Å². The smallest absolute Gasteiger partial charge is 0.142 e. The van der Waals surface area contributed by atoms with E-state index in [4.69, 9.17) is 16.3 Å². The van der Waals surface area contributed by atoms with Crippen molar-refractivity contribution in [1.29, 1.82) is 0 Å². The monoisotopic (exact) mass is 279 g/mol. The zero-order chi connectivity index (χ0) is 11.5. The Morgan fingerprint density at radius 1 is 1.53 bits per heavy atom. The quantitative estimate of drug-likeness (QED) is 0.914. The molecule has 2 nitrogen and oxygen atoms in total. The zero-order valence-electron chi connectivity index (χ0n) is 9.58. The van der Waals surface area contributed by atoms with Crippen LogP contribution in [0.4, 0.5) is 4.39 Å². The Balaban J connectivity index is 0.00000144. The van der Waals surface area contributed by atoms with Gasteiger partial charge >= 0.3 is 0 Å². The van der Waals surface area contributed by atoms with Crippen LogP contribution in [0.2, 0.25) is 5.02 Å². The predicted octanol–water partition coefficient (Wildman–Crippen LogP) is 3.20. The van der Waals surface area contributed by atoms with E-state index in [1.165, 1.54) is 6.07 Å². The van der Waals surface area contributed by atoms with Gasteiger partial charge in [0.1, 0.15) is 5.82 Å². The summed E-state index contributed by atoms with van der Waals surface area (Å²) in [6.45, 7) is 4.43. The van der Waals surface area contributed by atoms with Gasteiger partial charge in [-0.1, -0.05) is 17.7 Å². The normalized spacial score (nSPS) is 17.1. The molecule has 5 heteroatoms. The Hall–Kier alpha value is -0.350. The Morgan fingerprint density at radius 3 is 2.71 bits per heavy atom. The van der Waals surface area contributed by atoms with E-state index in [1.807, 2.05) is 13.0 Å². The van der Waals surface area contributed by atoms with Crippen molar-refractivity contribution < 1.29 is 9.13 Å². The third-order valence-electron chi connectivity index (χ3n) is 2.86. The summed E-state index contributed by atoms with van der Waals surface area (Å²) in [4.78, 5) is 0. The first kappa shape index (κ1) is 14.7. The van der Waals surface area contributed by atoms with Gasteiger partial charge in [-0.3, -0.25) is 0 Å². The van der Waals surface area contributed by atoms with E-state index in [0.29, 0.717) is 12.5 Å². The first-order valence-electron chi connectivity index (χ1n) is 5.49. The van der Waals surface area contributed by atoms with Gasteiger partial charge in [0.2, 0.25) is 0 Å². The second-order valence-electron chi connectivity index (χ2n) is 3.97. The fourth-order valence-corrected chi connectivity index (χ4v) is 2.02. The highest BCUT2D eigenvalue weighted by Crippen LogP contribution is 2.30. The Kier molecular flexibility index (Phi) is 5.67. The van der Waals surface area contributed by atoms with Crippen LogP contribution in [0.25, 0.3) is 0 Å². The van der Waals surface area contributed by atoms with Gasteiger partial charge in [0.05, 0.1) is 11.1 Å². The number of halogens is 3. The standard InChI is InChI=1S/C12H15ClFNO.ClH/c1-2-16-12(9-6-15-7-9)8-3-4-10(13)11(14)5-8;/h3-5,9,12,15H,2,6-7H2,1H3;1H/t12-;/m0./s1. The summed E-state index contributed by atoms with van der Waals surface area (Å²) >= 11 is 5.66. The van der Waals surface area contributed by atoms with Gasteiger partial charge < -0.3 is 10.1 Å². The minimum atomic E-state index is -0.379. The molecule has 0 amide bonds. The third kappa shape index (κ3) is 3.32. The van der Waals surface area contributed by atoms with Gasteiger partial charge in [-0.15, -0.1) is 12.4 Å². The molecular formula is C12H16Cl2FNO. The molecule has 0 aromatic heterocycles. The van der Waals surface area contributed by atoms with E-state index in [0.717, 1.165) is 18.7 Å². The zero-order valence-corrected chi connectivity index (χ0v) is 11.2. The second kappa shape index (κ2) is 6.55. The molecule has 1 fully saturated rings. The summed E-state index contributed by atoms with van der Waals surface area (Å²) in [5.41, 5.74) is 0.871. The lowest BCUT2D eigenvalue weighted by Gasteiger charge is -2.34. The number of hydrogen-bond donors (Lipinski definition) is 1. The summed E-state index contributed by atoms with van der Waals surface area (Å²) in [5.74, 6) is 0.0525. The molecule has 0 saturated carbocycles. The number of rotatable bonds is 4. The molecule has 17 heavy (non-hydrogen) atoms. The highest BCUT2D eigenvalue weighted by molar-refractivity contribution is 6.30. The van der Waals surface area contributed by atoms with Crippen LogP contribution in [0.15, 0.2) is 18.2 Å². The summed E-state index contributed by atoms with van der Waals surface area (Å²) in [6.07, 6.45) is -0.0296. The SMILES string of the molecule is CCO[C@@H](c1ccc(Cl)c(F)c1)C1CNC1.Cl. The van der Waals surface area contributed by atoms with E-state index in [1.54, 1.807) is 6.07 Å². The van der Waals surface area contributed by atoms with E-state index in [-0.39, 0.29) is 29.4 Å². The van der Waals surface area contributed by atoms with Crippen LogP contribution in [-0.2, 0) is 4.74 Å². The topological polar surface area (TPSA) is 21.3 Å². The molecule has 0 spiro atoms. The van der Waals surface area contributed by atoms with Crippen molar-refractivity contribution in [3.05, 3.63) is 34.6 Å². The molecular weight excluding hydrogens is 264 g/mol. The van der Waals surface area contributed by atoms with Gasteiger partial charge in [0.25, 0.3) is 0 Å². The lowest BCUT2D eigenvalue weighted by molar-refractivity contribution is 0.000263. The molecule has 2 rings (SSSR count). The predicted molar refractivity (Wildman–Crippen MR) is 69.4 cm³/mol. The van der Waals surface area contributed by atoms with Crippen LogP contribution in [0.1, 0.15) is 18.6 Å². The van der Waals surface area contributed by atoms with Crippen LogP contribution in [0.3, 0.4) is 0 Å². The van der Waals surface area contributed by atoms with E-state index in [2.05, 4.69) is 5.32 Å². The number of ether oxygens (including phenoxy) is 1. The Bertz CT molecular complexity index is 372. The second-order valence-corrected chi connectivity index (χ2v) is 4.38. The van der Waals surface area contributed by atoms with Crippen LogP contribution >= 0.6 is 24.0 Å². The molecule has 1 heterocycles. The van der Waals surface area contributed by atoms with Crippen LogP contribution in [0, 0.1) is 11.7 Å². The molecule has 0 aliphatic carbocycles. The van der Waals surface area contributed by atoms with E-state index >= 15 is 0 Å². The summed E-state index contributed by atoms with van der Waals surface area (Å²) < 4.78 is 19.0. The average molecular weight is 280 g/mol. The summed E-state index contributed by atoms with van der Waals surface area (Å²) in [6, 6.07) is 4.90. The third-order valence-corrected chi connectivity index (χ3v) is 3.17. The van der Waals surface area contributed by atoms with Gasteiger partial charge in [-0.05, 0) is 24.6 Å². The fraction of sp³-hybridized carbons (Fsp3) is 0.500. The van der Waals surface area contributed by atoms with Crippen molar-refractivity contribution >= 4 is 24.0 Å². The maximum atomic E-state index is 13.4. The Morgan fingerprint density at radius 2 is 2.24 bits per heavy atom. The van der Waals surface area contributed by atoms with Gasteiger partial charge in [-0.25, -0.2) is 4.39 Å². The largest absolute Gasteiger partial charge is 0.373 e. The lowest BCUT2D eigenvalue weighted by Crippen LogP contribution is -2.46. The fourth-order valence-electron chi connectivity index (χ4n) is 1.90. The van der Waals surface area contributed by atoms with Crippen molar-refractivity contribution in [3.8, 4) is 0 Å². The average Bonchev–Trinajstić information content (AvgIpc) is 2.19. The van der Waals surface area contributed by atoms with Gasteiger partial charge in [-0.2, -0.15) is 0 Å². The lowest BCUT2D eigenvalue weighted by atomic mass is 9.91. The van der Waals surface area contributed by atoms with E-state index in [9.17, 15) is 4.39 Å². The molecule has 1 N–H and O–H groups in total. The molecule has 0 bridgehead atoms. The molecule has 0 unspecified atom stereocenters. The molecule has 1 aromatic carbocycles. The molecule has 1 aliphatic heterocycles. The number of benzene rings is 1. The van der Waals surface area contributed by atoms with Gasteiger partial charge in [0, 0.05) is 25.6 Å². The van der Waals surface area contributed by atoms with Crippen molar-refractivity contribution in [1.82, 2.24) is 5.32 Å². The molecule has 1 atom stereocenters. The molecule has 0 radical (unpaired) electrons. The Labute approximate surface area is 112 Å². The van der Waals surface area contributed by atoms with Crippen molar-refractivity contribution in [2.75, 3.05) is 19.7 Å². The highest BCUT2D eigenvalue weighted by Gasteiger charge is 2.29. The first-order chi connectivity index (χ1) is 7.72. The minimum absolute atomic E-state index is 0. The number of nitrogens with one attached hydrogen (secondary N) is 1. The molecule has 96 valence electrons. The summed E-state index contributed by atoms with van der Waals surface area (Å²) in [5, 5.41) is 3.35. The maximum Gasteiger partial charge on any atom is 0.142 e. The minimum Gasteiger partial charge on any atom is -0.373 e. The highest BCUT2D eigenvalue weighted by atomic mass is 35.5. The van der Waals surface area contributed by atoms with Crippen molar-refractivity contribution in [2.45, 2.75) is 13.0 Å². The van der Waals surface area contributed by atoms with E-state index < -0.39 is 0 Å². The molecule has 1 aliphatic rings. The summed E-state index contributed by atoms with van der Waals surface area (Å²) in [7, 11) is 0. The molecule has 1 saturated heterocycles. The van der Waals surface area contributed by atoms with Crippen LogP contribution in [-0.4, -0.2) is 19.7 Å². The van der Waals surface area contributed by atoms with Gasteiger partial charge in [0.15, 0.2) is 0 Å². The first-order valence-corrected chi connectivity index (χ1v) is 5.87. The van der Waals surface area contributed by atoms with Crippen molar-refractivity contribution in [2.24, 2.45) is 5.92 Å². The number of hydrogen-bond acceptors (Lipinski definition) is 2.